The van der Waals surface area contributed by atoms with Gasteiger partial charge < -0.3 is 25.3 Å². The quantitative estimate of drug-likeness (QED) is 0.679. The highest BCUT2D eigenvalue weighted by atomic mass is 16.6. The molecule has 0 heterocycles. The van der Waals surface area contributed by atoms with Crippen molar-refractivity contribution in [3.8, 4) is 5.75 Å². The summed E-state index contributed by atoms with van der Waals surface area (Å²) >= 11 is 0. The van der Waals surface area contributed by atoms with Gasteiger partial charge in [0.25, 0.3) is 0 Å². The van der Waals surface area contributed by atoms with Crippen LogP contribution in [0, 0.1) is 0 Å². The van der Waals surface area contributed by atoms with Crippen LogP contribution in [0.1, 0.15) is 6.92 Å². The van der Waals surface area contributed by atoms with E-state index in [1.807, 2.05) is 0 Å². The summed E-state index contributed by atoms with van der Waals surface area (Å²) in [6.07, 6.45) is 0. The molecule has 1 unspecified atom stereocenters. The highest BCUT2D eigenvalue weighted by Crippen LogP contribution is 2.17. The lowest BCUT2D eigenvalue weighted by molar-refractivity contribution is -0.145. The highest BCUT2D eigenvalue weighted by molar-refractivity contribution is 5.94. The normalized spacial score (nSPS) is 11.6. The van der Waals surface area contributed by atoms with Gasteiger partial charge >= 0.3 is 5.97 Å². The van der Waals surface area contributed by atoms with Crippen molar-refractivity contribution < 1.29 is 23.8 Å². The number of hydrogen-bond donors (Lipinski definition) is 2. The molecule has 0 saturated heterocycles. The Balaban J connectivity index is 2.56. The molecular formula is C14H20N2O5. The van der Waals surface area contributed by atoms with Crippen molar-refractivity contribution in [3.63, 3.8) is 0 Å². The molecule has 0 radical (unpaired) electrons. The first-order valence-corrected chi connectivity index (χ1v) is 6.50. The Morgan fingerprint density at radius 2 is 2.14 bits per heavy atom. The Morgan fingerprint density at radius 1 is 1.38 bits per heavy atom. The summed E-state index contributed by atoms with van der Waals surface area (Å²) in [4.78, 5) is 22.9. The van der Waals surface area contributed by atoms with Gasteiger partial charge in [-0.05, 0) is 19.1 Å². The molecule has 3 N–H and O–H groups in total. The third kappa shape index (κ3) is 6.24. The number of esters is 1. The fourth-order valence-corrected chi connectivity index (χ4v) is 1.50. The summed E-state index contributed by atoms with van der Waals surface area (Å²) < 4.78 is 14.8. The van der Waals surface area contributed by atoms with Crippen LogP contribution in [0.2, 0.25) is 0 Å². The number of nitrogens with one attached hydrogen (secondary N) is 1. The van der Waals surface area contributed by atoms with E-state index in [0.29, 0.717) is 18.0 Å². The van der Waals surface area contributed by atoms with Gasteiger partial charge in [0.15, 0.2) is 6.61 Å². The van der Waals surface area contributed by atoms with Crippen molar-refractivity contribution in [1.29, 1.82) is 0 Å². The van der Waals surface area contributed by atoms with Crippen LogP contribution < -0.4 is 15.8 Å². The molecule has 0 aliphatic carbocycles. The lowest BCUT2D eigenvalue weighted by Gasteiger charge is -2.12. The minimum absolute atomic E-state index is 0.130. The molecule has 1 rings (SSSR count). The molecule has 7 heteroatoms. The van der Waals surface area contributed by atoms with E-state index in [4.69, 9.17) is 19.9 Å². The molecule has 0 aromatic heterocycles. The lowest BCUT2D eigenvalue weighted by atomic mass is 10.2. The van der Waals surface area contributed by atoms with Gasteiger partial charge in [0.05, 0.1) is 13.2 Å². The third-order valence-corrected chi connectivity index (χ3v) is 2.45. The van der Waals surface area contributed by atoms with Gasteiger partial charge in [0.2, 0.25) is 5.91 Å². The first-order chi connectivity index (χ1) is 10.1. The molecular weight excluding hydrogens is 276 g/mol. The molecule has 1 aromatic rings. The number of nitrogens with two attached hydrogens (primary N) is 1. The van der Waals surface area contributed by atoms with E-state index in [1.54, 1.807) is 31.2 Å². The van der Waals surface area contributed by atoms with Crippen molar-refractivity contribution in [2.45, 2.75) is 13.0 Å². The number of amides is 1. The Kier molecular flexibility index (Phi) is 7.20. The Hall–Kier alpha value is -2.12. The van der Waals surface area contributed by atoms with Crippen LogP contribution in [-0.2, 0) is 19.1 Å². The van der Waals surface area contributed by atoms with Crippen molar-refractivity contribution in [2.75, 3.05) is 32.2 Å². The first kappa shape index (κ1) is 16.9. The van der Waals surface area contributed by atoms with Gasteiger partial charge in [-0.3, -0.25) is 4.79 Å². The highest BCUT2D eigenvalue weighted by Gasteiger charge is 2.13. The zero-order valence-corrected chi connectivity index (χ0v) is 12.1. The molecule has 0 spiro atoms. The van der Waals surface area contributed by atoms with Gasteiger partial charge in [0, 0.05) is 18.9 Å². The van der Waals surface area contributed by atoms with E-state index < -0.39 is 12.0 Å². The molecule has 116 valence electrons. The smallest absolute Gasteiger partial charge is 0.344 e. The van der Waals surface area contributed by atoms with E-state index in [9.17, 15) is 9.59 Å². The predicted octanol–water partition coefficient (Wildman–Crippen LogP) is 0.541. The van der Waals surface area contributed by atoms with Gasteiger partial charge in [0.1, 0.15) is 11.8 Å². The third-order valence-electron chi connectivity index (χ3n) is 2.45. The summed E-state index contributed by atoms with van der Waals surface area (Å²) in [6, 6.07) is 5.90. The van der Waals surface area contributed by atoms with Crippen LogP contribution in [0.15, 0.2) is 24.3 Å². The molecule has 0 aliphatic rings. The largest absolute Gasteiger partial charge is 0.482 e. The van der Waals surface area contributed by atoms with Crippen molar-refractivity contribution in [2.24, 2.45) is 5.73 Å². The Morgan fingerprint density at radius 3 is 2.81 bits per heavy atom. The zero-order chi connectivity index (χ0) is 15.7. The zero-order valence-electron chi connectivity index (χ0n) is 12.1. The number of rotatable bonds is 8. The average Bonchev–Trinajstić information content (AvgIpc) is 2.46. The second-order valence-electron chi connectivity index (χ2n) is 4.17. The molecule has 0 saturated carbocycles. The minimum atomic E-state index is -0.751. The predicted molar refractivity (Wildman–Crippen MR) is 77.1 cm³/mol. The van der Waals surface area contributed by atoms with Crippen molar-refractivity contribution >= 4 is 17.6 Å². The summed E-state index contributed by atoms with van der Waals surface area (Å²) in [5.74, 6) is -0.366. The van der Waals surface area contributed by atoms with E-state index >= 15 is 0 Å². The van der Waals surface area contributed by atoms with Crippen LogP contribution in [0.3, 0.4) is 0 Å². The number of benzene rings is 1. The van der Waals surface area contributed by atoms with E-state index in [2.05, 4.69) is 5.32 Å². The fourth-order valence-electron chi connectivity index (χ4n) is 1.50. The second-order valence-corrected chi connectivity index (χ2v) is 4.17. The molecule has 1 atom stereocenters. The summed E-state index contributed by atoms with van der Waals surface area (Å²) in [6.45, 7) is 1.96. The number of carbonyl (C=O) groups is 2. The van der Waals surface area contributed by atoms with Crippen LogP contribution in [-0.4, -0.2) is 44.8 Å². The summed E-state index contributed by atoms with van der Waals surface area (Å²) in [5.41, 5.74) is 6.14. The summed E-state index contributed by atoms with van der Waals surface area (Å²) in [5, 5.41) is 2.64. The SMILES string of the molecule is CCOC(=O)COc1cccc(NC(=O)C(N)COC)c1. The maximum Gasteiger partial charge on any atom is 0.344 e. The topological polar surface area (TPSA) is 99.9 Å². The number of ether oxygens (including phenoxy) is 3. The molecule has 0 aliphatic heterocycles. The number of carbonyl (C=O) groups excluding carboxylic acids is 2. The second kappa shape index (κ2) is 8.93. The van der Waals surface area contributed by atoms with Crippen LogP contribution in [0.25, 0.3) is 0 Å². The molecule has 1 amide bonds. The Bertz CT molecular complexity index is 478. The number of hydrogen-bond acceptors (Lipinski definition) is 6. The van der Waals surface area contributed by atoms with Gasteiger partial charge in [-0.25, -0.2) is 4.79 Å². The summed E-state index contributed by atoms with van der Waals surface area (Å²) in [7, 11) is 1.47. The monoisotopic (exact) mass is 296 g/mol. The first-order valence-electron chi connectivity index (χ1n) is 6.50. The van der Waals surface area contributed by atoms with Gasteiger partial charge in [-0.1, -0.05) is 6.07 Å². The maximum absolute atomic E-state index is 11.7. The van der Waals surface area contributed by atoms with Gasteiger partial charge in [-0.2, -0.15) is 0 Å². The van der Waals surface area contributed by atoms with E-state index in [0.717, 1.165) is 0 Å². The van der Waals surface area contributed by atoms with Crippen LogP contribution in [0.5, 0.6) is 5.75 Å². The average molecular weight is 296 g/mol. The van der Waals surface area contributed by atoms with Crippen LogP contribution in [0.4, 0.5) is 5.69 Å². The van der Waals surface area contributed by atoms with Crippen molar-refractivity contribution in [1.82, 2.24) is 0 Å². The molecule has 0 bridgehead atoms. The van der Waals surface area contributed by atoms with Gasteiger partial charge in [-0.15, -0.1) is 0 Å². The Labute approximate surface area is 123 Å². The minimum Gasteiger partial charge on any atom is -0.482 e. The van der Waals surface area contributed by atoms with Crippen LogP contribution >= 0.6 is 0 Å². The molecule has 0 fully saturated rings. The standard InChI is InChI=1S/C14H20N2O5/c1-3-20-13(17)9-21-11-6-4-5-10(7-11)16-14(18)12(15)8-19-2/h4-7,12H,3,8-9,15H2,1-2H3,(H,16,18). The van der Waals surface area contributed by atoms with E-state index in [-0.39, 0.29) is 19.1 Å². The fraction of sp³-hybridized carbons (Fsp3) is 0.429. The number of methoxy groups -OCH3 is 1. The van der Waals surface area contributed by atoms with Crippen molar-refractivity contribution in [3.05, 3.63) is 24.3 Å². The maximum atomic E-state index is 11.7. The van der Waals surface area contributed by atoms with E-state index in [1.165, 1.54) is 7.11 Å². The molecule has 7 nitrogen and oxygen atoms in total. The molecule has 21 heavy (non-hydrogen) atoms. The molecule has 1 aromatic carbocycles. The number of anilines is 1. The lowest BCUT2D eigenvalue weighted by Crippen LogP contribution is -2.39.